The lowest BCUT2D eigenvalue weighted by atomic mass is 10.3. The molecule has 0 fully saturated rings. The van der Waals surface area contributed by atoms with Gasteiger partial charge < -0.3 is 15.5 Å². The molecule has 7 heteroatoms. The van der Waals surface area contributed by atoms with Crippen molar-refractivity contribution >= 4 is 47.2 Å². The van der Waals surface area contributed by atoms with Gasteiger partial charge in [-0.25, -0.2) is 4.99 Å². The van der Waals surface area contributed by atoms with Gasteiger partial charge in [0.25, 0.3) is 0 Å². The number of halogens is 1. The first-order valence-corrected chi connectivity index (χ1v) is 8.18. The van der Waals surface area contributed by atoms with Crippen LogP contribution in [0.3, 0.4) is 0 Å². The number of nitrogens with zero attached hydrogens (tertiary/aromatic N) is 2. The maximum absolute atomic E-state index is 11.6. The van der Waals surface area contributed by atoms with Gasteiger partial charge in [-0.3, -0.25) is 4.79 Å². The molecule has 0 atom stereocenters. The van der Waals surface area contributed by atoms with E-state index in [2.05, 4.69) is 41.6 Å². The molecule has 0 radical (unpaired) electrons. The third-order valence-electron chi connectivity index (χ3n) is 2.91. The third kappa shape index (κ3) is 7.98. The fourth-order valence-electron chi connectivity index (χ4n) is 1.58. The van der Waals surface area contributed by atoms with Crippen LogP contribution in [0, 0.1) is 0 Å². The van der Waals surface area contributed by atoms with E-state index >= 15 is 0 Å². The van der Waals surface area contributed by atoms with Gasteiger partial charge in [0.1, 0.15) is 6.54 Å². The van der Waals surface area contributed by atoms with Gasteiger partial charge in [0.15, 0.2) is 5.96 Å². The first kappa shape index (κ1) is 21.2. The maximum atomic E-state index is 11.6. The van der Waals surface area contributed by atoms with E-state index in [4.69, 9.17) is 0 Å². The minimum absolute atomic E-state index is 0. The minimum Gasteiger partial charge on any atom is -0.356 e. The van der Waals surface area contributed by atoms with Crippen LogP contribution in [-0.4, -0.2) is 44.0 Å². The second-order valence-electron chi connectivity index (χ2n) is 4.95. The number of guanidine groups is 1. The lowest BCUT2D eigenvalue weighted by molar-refractivity contribution is -0.127. The van der Waals surface area contributed by atoms with Crippen LogP contribution >= 0.6 is 35.3 Å². The summed E-state index contributed by atoms with van der Waals surface area (Å²) in [6, 6.07) is 4.30. The van der Waals surface area contributed by atoms with Crippen molar-refractivity contribution in [2.75, 3.05) is 27.2 Å². The number of aliphatic imine (C=N–C) groups is 1. The molecule has 0 aliphatic rings. The number of likely N-dealkylation sites (N-methyl/N-ethyl adjacent to an activating group) is 1. The van der Waals surface area contributed by atoms with Crippen LogP contribution in [0.2, 0.25) is 0 Å². The van der Waals surface area contributed by atoms with Crippen molar-refractivity contribution in [3.8, 4) is 0 Å². The number of hydrogen-bond acceptors (Lipinski definition) is 3. The van der Waals surface area contributed by atoms with Crippen molar-refractivity contribution in [3.05, 3.63) is 21.9 Å². The number of carbonyl (C=O) groups excluding carboxylic acids is 1. The molecule has 5 nitrogen and oxygen atoms in total. The second-order valence-corrected chi connectivity index (χ2v) is 6.21. The topological polar surface area (TPSA) is 56.7 Å². The van der Waals surface area contributed by atoms with Gasteiger partial charge >= 0.3 is 0 Å². The molecule has 1 aromatic heterocycles. The van der Waals surface area contributed by atoms with E-state index in [1.165, 1.54) is 9.75 Å². The lowest BCUT2D eigenvalue weighted by Gasteiger charge is -2.12. The summed E-state index contributed by atoms with van der Waals surface area (Å²) in [7, 11) is 3.48. The Labute approximate surface area is 154 Å². The van der Waals surface area contributed by atoms with Crippen molar-refractivity contribution in [1.29, 1.82) is 0 Å². The Morgan fingerprint density at radius 3 is 2.45 bits per heavy atom. The molecule has 126 valence electrons. The summed E-state index contributed by atoms with van der Waals surface area (Å²) in [5, 5.41) is 6.51. The molecule has 0 aliphatic heterocycles. The van der Waals surface area contributed by atoms with Crippen LogP contribution < -0.4 is 10.6 Å². The number of hydrogen-bond donors (Lipinski definition) is 2. The highest BCUT2D eigenvalue weighted by atomic mass is 127. The number of nitrogens with one attached hydrogen (secondary N) is 2. The Hall–Kier alpha value is -0.830. The smallest absolute Gasteiger partial charge is 0.243 e. The molecule has 0 aromatic carbocycles. The summed E-state index contributed by atoms with van der Waals surface area (Å²) in [6.07, 6.45) is 2.08. The molecule has 1 rings (SSSR count). The highest BCUT2D eigenvalue weighted by molar-refractivity contribution is 14.0. The van der Waals surface area contributed by atoms with Crippen molar-refractivity contribution in [2.45, 2.75) is 33.2 Å². The molecular weight excluding hydrogens is 411 g/mol. The highest BCUT2D eigenvalue weighted by Gasteiger charge is 2.05. The van der Waals surface area contributed by atoms with E-state index in [0.717, 1.165) is 25.9 Å². The first-order chi connectivity index (χ1) is 10.1. The zero-order valence-electron chi connectivity index (χ0n) is 13.8. The molecule has 0 saturated carbocycles. The molecule has 1 amide bonds. The van der Waals surface area contributed by atoms with E-state index in [1.807, 2.05) is 11.3 Å². The van der Waals surface area contributed by atoms with Crippen molar-refractivity contribution in [1.82, 2.24) is 15.5 Å². The van der Waals surface area contributed by atoms with Gasteiger partial charge in [0.05, 0.1) is 6.54 Å². The van der Waals surface area contributed by atoms with Crippen LogP contribution in [0.15, 0.2) is 17.1 Å². The van der Waals surface area contributed by atoms with E-state index in [-0.39, 0.29) is 36.4 Å². The van der Waals surface area contributed by atoms with Crippen LogP contribution in [0.4, 0.5) is 0 Å². The summed E-state index contributed by atoms with van der Waals surface area (Å²) in [6.45, 7) is 5.99. The molecule has 0 spiro atoms. The largest absolute Gasteiger partial charge is 0.356 e. The summed E-state index contributed by atoms with van der Waals surface area (Å²) < 4.78 is 0. The summed E-state index contributed by atoms with van der Waals surface area (Å²) in [5.74, 6) is 0.690. The molecule has 0 aliphatic carbocycles. The molecule has 22 heavy (non-hydrogen) atoms. The number of amides is 1. The first-order valence-electron chi connectivity index (χ1n) is 7.36. The Morgan fingerprint density at radius 1 is 1.23 bits per heavy atom. The average molecular weight is 438 g/mol. The van der Waals surface area contributed by atoms with Gasteiger partial charge in [-0.05, 0) is 25.0 Å². The number of thiophene rings is 1. The fraction of sp³-hybridized carbons (Fsp3) is 0.600. The second kappa shape index (κ2) is 11.7. The minimum atomic E-state index is -0.00279. The molecule has 2 N–H and O–H groups in total. The Morgan fingerprint density at radius 2 is 1.91 bits per heavy atom. The van der Waals surface area contributed by atoms with Gasteiger partial charge in [-0.1, -0.05) is 13.8 Å². The van der Waals surface area contributed by atoms with Crippen molar-refractivity contribution in [2.24, 2.45) is 4.99 Å². The van der Waals surface area contributed by atoms with Crippen LogP contribution in [0.25, 0.3) is 0 Å². The lowest BCUT2D eigenvalue weighted by Crippen LogP contribution is -2.38. The predicted molar refractivity (Wildman–Crippen MR) is 105 cm³/mol. The number of aryl methyl sites for hydroxylation is 1. The molecular formula is C15H27IN4OS. The van der Waals surface area contributed by atoms with Crippen molar-refractivity contribution in [3.63, 3.8) is 0 Å². The molecule has 1 heterocycles. The SMILES string of the molecule is CCCNC(=NCC(=O)N(C)C)NCc1ccc(CC)s1.I. The van der Waals surface area contributed by atoms with Gasteiger partial charge in [0.2, 0.25) is 5.91 Å². The molecule has 0 saturated heterocycles. The van der Waals surface area contributed by atoms with E-state index in [1.54, 1.807) is 19.0 Å². The molecule has 1 aromatic rings. The van der Waals surface area contributed by atoms with Crippen LogP contribution in [0.1, 0.15) is 30.0 Å². The normalized spacial score (nSPS) is 10.8. The van der Waals surface area contributed by atoms with Crippen LogP contribution in [0.5, 0.6) is 0 Å². The Balaban J connectivity index is 0.00000441. The molecule has 0 bridgehead atoms. The quantitative estimate of drug-likeness (QED) is 0.391. The fourth-order valence-corrected chi connectivity index (χ4v) is 2.48. The summed E-state index contributed by atoms with van der Waals surface area (Å²) in [5.41, 5.74) is 0. The number of carbonyl (C=O) groups is 1. The predicted octanol–water partition coefficient (Wildman–Crippen LogP) is 2.46. The zero-order valence-corrected chi connectivity index (χ0v) is 17.0. The van der Waals surface area contributed by atoms with Gasteiger partial charge in [-0.2, -0.15) is 0 Å². The van der Waals surface area contributed by atoms with Gasteiger partial charge in [0, 0.05) is 30.4 Å². The van der Waals surface area contributed by atoms with E-state index in [0.29, 0.717) is 5.96 Å². The highest BCUT2D eigenvalue weighted by Crippen LogP contribution is 2.16. The zero-order chi connectivity index (χ0) is 15.7. The Bertz CT molecular complexity index is 474. The van der Waals surface area contributed by atoms with Gasteiger partial charge in [-0.15, -0.1) is 35.3 Å². The monoisotopic (exact) mass is 438 g/mol. The Kier molecular flexibility index (Phi) is 11.3. The van der Waals surface area contributed by atoms with E-state index in [9.17, 15) is 4.79 Å². The summed E-state index contributed by atoms with van der Waals surface area (Å²) >= 11 is 1.81. The molecule has 0 unspecified atom stereocenters. The van der Waals surface area contributed by atoms with Crippen LogP contribution in [-0.2, 0) is 17.8 Å². The van der Waals surface area contributed by atoms with E-state index < -0.39 is 0 Å². The third-order valence-corrected chi connectivity index (χ3v) is 4.14. The number of rotatable bonds is 7. The van der Waals surface area contributed by atoms with Crippen molar-refractivity contribution < 1.29 is 4.79 Å². The maximum Gasteiger partial charge on any atom is 0.243 e. The summed E-state index contributed by atoms with van der Waals surface area (Å²) in [4.78, 5) is 20.1. The standard InChI is InChI=1S/C15H26N4OS.HI/c1-5-9-16-15(18-11-14(20)19(3)4)17-10-13-8-7-12(6-2)21-13;/h7-8H,5-6,9-11H2,1-4H3,(H2,16,17,18);1H. The average Bonchev–Trinajstić information content (AvgIpc) is 2.94.